The number of ether oxygens (including phenoxy) is 1. The van der Waals surface area contributed by atoms with Gasteiger partial charge in [-0.15, -0.1) is 0 Å². The van der Waals surface area contributed by atoms with Crippen molar-refractivity contribution in [1.82, 2.24) is 0 Å². The van der Waals surface area contributed by atoms with E-state index in [1.807, 2.05) is 12.1 Å². The van der Waals surface area contributed by atoms with Crippen molar-refractivity contribution in [1.29, 1.82) is 0 Å². The number of hydrogen-bond donors (Lipinski definition) is 1. The van der Waals surface area contributed by atoms with Crippen LogP contribution in [0.1, 0.15) is 25.8 Å². The molecule has 3 nitrogen and oxygen atoms in total. The zero-order chi connectivity index (χ0) is 13.0. The fraction of sp³-hybridized carbons (Fsp3) is 0.500. The van der Waals surface area contributed by atoms with Gasteiger partial charge in [-0.2, -0.15) is 0 Å². The van der Waals surface area contributed by atoms with Gasteiger partial charge in [-0.3, -0.25) is 4.99 Å². The number of nitrogens with one attached hydrogen (secondary N) is 1. The Morgan fingerprint density at radius 3 is 2.89 bits per heavy atom. The van der Waals surface area contributed by atoms with E-state index in [-0.39, 0.29) is 5.54 Å². The Labute approximate surface area is 113 Å². The third-order valence-electron chi connectivity index (χ3n) is 2.92. The number of rotatable bonds is 3. The summed E-state index contributed by atoms with van der Waals surface area (Å²) in [5.41, 5.74) is 2.29. The highest BCUT2D eigenvalue weighted by Gasteiger charge is 2.22. The van der Waals surface area contributed by atoms with E-state index in [0.717, 1.165) is 28.6 Å². The van der Waals surface area contributed by atoms with Crippen molar-refractivity contribution in [3.05, 3.63) is 29.8 Å². The first-order chi connectivity index (χ1) is 8.61. The fourth-order valence-electron chi connectivity index (χ4n) is 1.86. The van der Waals surface area contributed by atoms with Gasteiger partial charge in [0.05, 0.1) is 12.1 Å². The summed E-state index contributed by atoms with van der Waals surface area (Å²) in [4.78, 5) is 4.74. The standard InChI is InChI=1S/C14H20N2OS/c1-14(2)8-9-18-13(16-14)15-12-7-5-4-6-11(12)10-17-3/h4-7H,8-10H2,1-3H3,(H,15,16). The van der Waals surface area contributed by atoms with E-state index in [4.69, 9.17) is 9.73 Å². The van der Waals surface area contributed by atoms with Gasteiger partial charge in [0.25, 0.3) is 0 Å². The van der Waals surface area contributed by atoms with Crippen LogP contribution in [0.15, 0.2) is 29.3 Å². The Morgan fingerprint density at radius 2 is 2.17 bits per heavy atom. The molecule has 0 saturated carbocycles. The van der Waals surface area contributed by atoms with Crippen molar-refractivity contribution < 1.29 is 4.74 Å². The van der Waals surface area contributed by atoms with E-state index >= 15 is 0 Å². The number of amidine groups is 1. The van der Waals surface area contributed by atoms with Crippen molar-refractivity contribution in [2.45, 2.75) is 32.4 Å². The van der Waals surface area contributed by atoms with Crippen LogP contribution in [0.3, 0.4) is 0 Å². The second-order valence-corrected chi connectivity index (χ2v) is 6.13. The molecule has 0 spiro atoms. The van der Waals surface area contributed by atoms with Gasteiger partial charge in [-0.05, 0) is 26.3 Å². The molecule has 0 radical (unpaired) electrons. The first kappa shape index (κ1) is 13.4. The van der Waals surface area contributed by atoms with Gasteiger partial charge in [0.2, 0.25) is 0 Å². The highest BCUT2D eigenvalue weighted by atomic mass is 32.2. The monoisotopic (exact) mass is 264 g/mol. The number of thioether (sulfide) groups is 1. The maximum atomic E-state index is 5.21. The summed E-state index contributed by atoms with van der Waals surface area (Å²) < 4.78 is 5.21. The number of aliphatic imine (C=N–C) groups is 1. The smallest absolute Gasteiger partial charge is 0.161 e. The molecule has 2 rings (SSSR count). The van der Waals surface area contributed by atoms with Gasteiger partial charge in [-0.25, -0.2) is 0 Å². The molecule has 1 aromatic rings. The number of benzene rings is 1. The molecule has 98 valence electrons. The van der Waals surface area contributed by atoms with E-state index in [2.05, 4.69) is 31.3 Å². The van der Waals surface area contributed by atoms with Crippen LogP contribution < -0.4 is 5.32 Å². The van der Waals surface area contributed by atoms with Crippen molar-refractivity contribution in [2.24, 2.45) is 4.99 Å². The normalized spacial score (nSPS) is 18.3. The van der Waals surface area contributed by atoms with E-state index in [1.165, 1.54) is 0 Å². The van der Waals surface area contributed by atoms with Crippen LogP contribution in [-0.2, 0) is 11.3 Å². The lowest BCUT2D eigenvalue weighted by Crippen LogP contribution is -2.27. The number of anilines is 1. The molecule has 0 unspecified atom stereocenters. The fourth-order valence-corrected chi connectivity index (χ4v) is 3.15. The molecule has 1 aliphatic heterocycles. The lowest BCUT2D eigenvalue weighted by Gasteiger charge is -2.26. The Hall–Kier alpha value is -1.000. The Kier molecular flexibility index (Phi) is 4.30. The van der Waals surface area contributed by atoms with Crippen LogP contribution in [0.25, 0.3) is 0 Å². The highest BCUT2D eigenvalue weighted by Crippen LogP contribution is 2.27. The SMILES string of the molecule is COCc1ccccc1NC1=NC(C)(C)CCS1. The third kappa shape index (κ3) is 3.50. The molecule has 0 fully saturated rings. The summed E-state index contributed by atoms with van der Waals surface area (Å²) in [5, 5.41) is 4.43. The minimum Gasteiger partial charge on any atom is -0.380 e. The molecule has 0 aliphatic carbocycles. The van der Waals surface area contributed by atoms with Gasteiger partial charge in [0, 0.05) is 24.1 Å². The Morgan fingerprint density at radius 1 is 1.39 bits per heavy atom. The predicted molar refractivity (Wildman–Crippen MR) is 79.4 cm³/mol. The van der Waals surface area contributed by atoms with Crippen molar-refractivity contribution in [3.8, 4) is 0 Å². The lowest BCUT2D eigenvalue weighted by atomic mass is 10.0. The van der Waals surface area contributed by atoms with Crippen LogP contribution in [0.2, 0.25) is 0 Å². The second-order valence-electron chi connectivity index (χ2n) is 5.04. The lowest BCUT2D eigenvalue weighted by molar-refractivity contribution is 0.185. The maximum absolute atomic E-state index is 5.21. The maximum Gasteiger partial charge on any atom is 0.161 e. The molecule has 0 saturated heterocycles. The molecule has 1 heterocycles. The molecule has 0 bridgehead atoms. The molecule has 18 heavy (non-hydrogen) atoms. The summed E-state index contributed by atoms with van der Waals surface area (Å²) in [7, 11) is 1.72. The largest absolute Gasteiger partial charge is 0.380 e. The summed E-state index contributed by atoms with van der Waals surface area (Å²) in [6.45, 7) is 4.97. The first-order valence-corrected chi connectivity index (χ1v) is 7.16. The van der Waals surface area contributed by atoms with Gasteiger partial charge in [0.1, 0.15) is 0 Å². The van der Waals surface area contributed by atoms with Crippen LogP contribution >= 0.6 is 11.8 Å². The summed E-state index contributed by atoms with van der Waals surface area (Å²) in [5.74, 6) is 1.12. The molecular formula is C14H20N2OS. The van der Waals surface area contributed by atoms with Crippen LogP contribution in [0.4, 0.5) is 5.69 Å². The van der Waals surface area contributed by atoms with E-state index in [0.29, 0.717) is 6.61 Å². The van der Waals surface area contributed by atoms with Gasteiger partial charge in [0.15, 0.2) is 5.17 Å². The molecule has 1 aliphatic rings. The van der Waals surface area contributed by atoms with Crippen molar-refractivity contribution >= 4 is 22.6 Å². The van der Waals surface area contributed by atoms with Crippen LogP contribution in [-0.4, -0.2) is 23.6 Å². The minimum atomic E-state index is 0.0454. The van der Waals surface area contributed by atoms with Gasteiger partial charge >= 0.3 is 0 Å². The zero-order valence-electron chi connectivity index (χ0n) is 11.2. The number of methoxy groups -OCH3 is 1. The van der Waals surface area contributed by atoms with E-state index < -0.39 is 0 Å². The van der Waals surface area contributed by atoms with Crippen LogP contribution in [0, 0.1) is 0 Å². The number of para-hydroxylation sites is 1. The third-order valence-corrected chi connectivity index (χ3v) is 3.79. The highest BCUT2D eigenvalue weighted by molar-refractivity contribution is 8.14. The summed E-state index contributed by atoms with van der Waals surface area (Å²) in [6.07, 6.45) is 1.13. The summed E-state index contributed by atoms with van der Waals surface area (Å²) >= 11 is 1.79. The molecule has 1 aromatic carbocycles. The molecule has 4 heteroatoms. The second kappa shape index (κ2) is 5.76. The van der Waals surface area contributed by atoms with Crippen molar-refractivity contribution in [2.75, 3.05) is 18.2 Å². The summed E-state index contributed by atoms with van der Waals surface area (Å²) in [6, 6.07) is 8.20. The average Bonchev–Trinajstić information content (AvgIpc) is 2.31. The molecular weight excluding hydrogens is 244 g/mol. The van der Waals surface area contributed by atoms with Gasteiger partial charge < -0.3 is 10.1 Å². The molecule has 0 aromatic heterocycles. The zero-order valence-corrected chi connectivity index (χ0v) is 12.0. The van der Waals surface area contributed by atoms with E-state index in [9.17, 15) is 0 Å². The van der Waals surface area contributed by atoms with E-state index in [1.54, 1.807) is 18.9 Å². The first-order valence-electron chi connectivity index (χ1n) is 6.17. The predicted octanol–water partition coefficient (Wildman–Crippen LogP) is 3.52. The number of nitrogens with zero attached hydrogens (tertiary/aromatic N) is 1. The quantitative estimate of drug-likeness (QED) is 0.907. The van der Waals surface area contributed by atoms with Gasteiger partial charge in [-0.1, -0.05) is 30.0 Å². The molecule has 0 atom stereocenters. The molecule has 0 amide bonds. The molecule has 1 N–H and O–H groups in total. The van der Waals surface area contributed by atoms with Crippen LogP contribution in [0.5, 0.6) is 0 Å². The Balaban J connectivity index is 2.16. The number of hydrogen-bond acceptors (Lipinski definition) is 4. The average molecular weight is 264 g/mol. The van der Waals surface area contributed by atoms with Crippen molar-refractivity contribution in [3.63, 3.8) is 0 Å². The topological polar surface area (TPSA) is 33.6 Å². The Bertz CT molecular complexity index is 443. The minimum absolute atomic E-state index is 0.0454.